The van der Waals surface area contributed by atoms with Crippen molar-refractivity contribution in [3.8, 4) is 0 Å². The average Bonchev–Trinajstić information content (AvgIpc) is 2.75. The summed E-state index contributed by atoms with van der Waals surface area (Å²) in [4.78, 5) is 13.6. The van der Waals surface area contributed by atoms with Gasteiger partial charge in [0.25, 0.3) is 0 Å². The highest BCUT2D eigenvalue weighted by Crippen LogP contribution is 2.31. The van der Waals surface area contributed by atoms with Crippen LogP contribution in [-0.4, -0.2) is 50.2 Å². The molecule has 2 aliphatic heterocycles. The number of hydrogen-bond donors (Lipinski definition) is 3. The Morgan fingerprint density at radius 3 is 3.20 bits per heavy atom. The van der Waals surface area contributed by atoms with Crippen molar-refractivity contribution >= 4 is 23.0 Å². The van der Waals surface area contributed by atoms with Crippen LogP contribution in [0.5, 0.6) is 0 Å². The van der Waals surface area contributed by atoms with E-state index in [1.807, 2.05) is 12.1 Å². The molecule has 0 bridgehead atoms. The molecule has 1 saturated heterocycles. The van der Waals surface area contributed by atoms with Crippen molar-refractivity contribution in [2.75, 3.05) is 49.7 Å². The third-order valence-corrected chi connectivity index (χ3v) is 3.76. The quantitative estimate of drug-likeness (QED) is 0.701. The third-order valence-electron chi connectivity index (χ3n) is 3.76. The fourth-order valence-corrected chi connectivity index (χ4v) is 2.66. The Balaban J connectivity index is 1.66. The summed E-state index contributed by atoms with van der Waals surface area (Å²) < 4.78 is 5.70. The van der Waals surface area contributed by atoms with Gasteiger partial charge in [-0.25, -0.2) is 0 Å². The maximum absolute atomic E-state index is 11.4. The molecular formula is C14H20N4O2. The second-order valence-electron chi connectivity index (χ2n) is 5.46. The summed E-state index contributed by atoms with van der Waals surface area (Å²) in [6, 6.07) is 3.77. The van der Waals surface area contributed by atoms with E-state index in [0.717, 1.165) is 36.6 Å². The molecule has 1 fully saturated rings. The van der Waals surface area contributed by atoms with Crippen LogP contribution in [0.25, 0.3) is 0 Å². The molecule has 0 radical (unpaired) electrons. The molecule has 0 spiro atoms. The van der Waals surface area contributed by atoms with Gasteiger partial charge in [0.05, 0.1) is 30.5 Å². The van der Waals surface area contributed by atoms with E-state index in [-0.39, 0.29) is 12.0 Å². The summed E-state index contributed by atoms with van der Waals surface area (Å²) >= 11 is 0. The first kappa shape index (κ1) is 13.2. The smallest absolute Gasteiger partial charge is 0.228 e. The Bertz CT molecular complexity index is 532. The zero-order valence-electron chi connectivity index (χ0n) is 11.6. The second kappa shape index (κ2) is 5.30. The molecule has 2 aliphatic rings. The van der Waals surface area contributed by atoms with E-state index in [4.69, 9.17) is 10.5 Å². The van der Waals surface area contributed by atoms with Crippen LogP contribution in [0.1, 0.15) is 5.56 Å². The monoisotopic (exact) mass is 276 g/mol. The lowest BCUT2D eigenvalue weighted by molar-refractivity contribution is -0.115. The van der Waals surface area contributed by atoms with Gasteiger partial charge >= 0.3 is 0 Å². The van der Waals surface area contributed by atoms with Gasteiger partial charge in [0.15, 0.2) is 0 Å². The molecule has 1 aromatic rings. The number of hydrogen-bond acceptors (Lipinski definition) is 5. The highest BCUT2D eigenvalue weighted by atomic mass is 16.5. The molecule has 20 heavy (non-hydrogen) atoms. The zero-order valence-corrected chi connectivity index (χ0v) is 11.6. The standard InChI is InChI=1S/C14H20N4O2/c1-18-2-3-20-10(8-18)7-16-13-6-12-9(4-11(13)15)5-14(19)17-12/h4,6,10,16H,2-3,5,7-8,15H2,1H3,(H,17,19). The van der Waals surface area contributed by atoms with Gasteiger partial charge in [0.1, 0.15) is 0 Å². The molecule has 0 aromatic heterocycles. The number of morpholine rings is 1. The molecule has 108 valence electrons. The summed E-state index contributed by atoms with van der Waals surface area (Å²) in [6.07, 6.45) is 0.576. The van der Waals surface area contributed by atoms with E-state index in [1.165, 1.54) is 0 Å². The highest BCUT2D eigenvalue weighted by molar-refractivity contribution is 6.00. The summed E-state index contributed by atoms with van der Waals surface area (Å²) in [5.41, 5.74) is 9.37. The van der Waals surface area contributed by atoms with Gasteiger partial charge in [-0.05, 0) is 24.7 Å². The van der Waals surface area contributed by atoms with Crippen LogP contribution in [0.15, 0.2) is 12.1 Å². The van der Waals surface area contributed by atoms with Crippen LogP contribution in [0, 0.1) is 0 Å². The normalized spacial score (nSPS) is 22.4. The first-order chi connectivity index (χ1) is 9.61. The molecule has 6 heteroatoms. The molecule has 1 amide bonds. The van der Waals surface area contributed by atoms with E-state index in [9.17, 15) is 4.79 Å². The van der Waals surface area contributed by atoms with Crippen molar-refractivity contribution < 1.29 is 9.53 Å². The minimum atomic E-state index is 0.0220. The van der Waals surface area contributed by atoms with E-state index in [2.05, 4.69) is 22.6 Å². The van der Waals surface area contributed by atoms with Crippen molar-refractivity contribution in [2.24, 2.45) is 0 Å². The molecule has 1 atom stereocenters. The van der Waals surface area contributed by atoms with Gasteiger partial charge < -0.3 is 26.0 Å². The average molecular weight is 276 g/mol. The number of carbonyl (C=O) groups excluding carboxylic acids is 1. The predicted octanol–water partition coefficient (Wildman–Crippen LogP) is 0.506. The largest absolute Gasteiger partial charge is 0.397 e. The zero-order chi connectivity index (χ0) is 14.1. The summed E-state index contributed by atoms with van der Waals surface area (Å²) in [5, 5.41) is 6.16. The van der Waals surface area contributed by atoms with Crippen LogP contribution in [0.4, 0.5) is 17.1 Å². The lowest BCUT2D eigenvalue weighted by atomic mass is 10.1. The Hall–Kier alpha value is -1.79. The summed E-state index contributed by atoms with van der Waals surface area (Å²) in [5.74, 6) is 0.0220. The minimum Gasteiger partial charge on any atom is -0.397 e. The number of nitrogen functional groups attached to an aromatic ring is 1. The van der Waals surface area contributed by atoms with E-state index < -0.39 is 0 Å². The summed E-state index contributed by atoms with van der Waals surface area (Å²) in [7, 11) is 2.09. The van der Waals surface area contributed by atoms with Gasteiger partial charge in [-0.2, -0.15) is 0 Å². The second-order valence-corrected chi connectivity index (χ2v) is 5.46. The van der Waals surface area contributed by atoms with Gasteiger partial charge in [0.2, 0.25) is 5.91 Å². The maximum Gasteiger partial charge on any atom is 0.228 e. The van der Waals surface area contributed by atoms with Crippen LogP contribution in [0.2, 0.25) is 0 Å². The van der Waals surface area contributed by atoms with Crippen LogP contribution >= 0.6 is 0 Å². The number of nitrogens with one attached hydrogen (secondary N) is 2. The maximum atomic E-state index is 11.4. The SMILES string of the molecule is CN1CCOC(CNc2cc3c(cc2N)CC(=O)N3)C1. The molecule has 0 aliphatic carbocycles. The van der Waals surface area contributed by atoms with Crippen molar-refractivity contribution in [1.82, 2.24) is 4.90 Å². The van der Waals surface area contributed by atoms with Crippen molar-refractivity contribution in [3.63, 3.8) is 0 Å². The highest BCUT2D eigenvalue weighted by Gasteiger charge is 2.21. The lowest BCUT2D eigenvalue weighted by Gasteiger charge is -2.30. The van der Waals surface area contributed by atoms with Gasteiger partial charge in [-0.15, -0.1) is 0 Å². The number of likely N-dealkylation sites (N-methyl/N-ethyl adjacent to an activating group) is 1. The van der Waals surface area contributed by atoms with Crippen molar-refractivity contribution in [1.29, 1.82) is 0 Å². The van der Waals surface area contributed by atoms with Gasteiger partial charge in [0, 0.05) is 25.3 Å². The fraction of sp³-hybridized carbons (Fsp3) is 0.500. The number of benzene rings is 1. The third kappa shape index (κ3) is 2.71. The van der Waals surface area contributed by atoms with Crippen LogP contribution < -0.4 is 16.4 Å². The van der Waals surface area contributed by atoms with Crippen LogP contribution in [-0.2, 0) is 16.0 Å². The Morgan fingerprint density at radius 1 is 1.55 bits per heavy atom. The fourth-order valence-electron chi connectivity index (χ4n) is 2.66. The molecule has 0 saturated carbocycles. The molecular weight excluding hydrogens is 256 g/mol. The molecule has 3 rings (SSSR count). The number of rotatable bonds is 3. The lowest BCUT2D eigenvalue weighted by Crippen LogP contribution is -2.43. The van der Waals surface area contributed by atoms with Gasteiger partial charge in [-0.3, -0.25) is 4.79 Å². The van der Waals surface area contributed by atoms with E-state index >= 15 is 0 Å². The number of carbonyl (C=O) groups is 1. The Morgan fingerprint density at radius 2 is 2.40 bits per heavy atom. The van der Waals surface area contributed by atoms with E-state index in [0.29, 0.717) is 18.7 Å². The van der Waals surface area contributed by atoms with Crippen molar-refractivity contribution in [3.05, 3.63) is 17.7 Å². The number of nitrogens with two attached hydrogens (primary N) is 1. The molecule has 4 N–H and O–H groups in total. The number of nitrogens with zero attached hydrogens (tertiary/aromatic N) is 1. The van der Waals surface area contributed by atoms with E-state index in [1.54, 1.807) is 0 Å². The molecule has 2 heterocycles. The molecule has 1 aromatic carbocycles. The first-order valence-corrected chi connectivity index (χ1v) is 6.88. The minimum absolute atomic E-state index is 0.0220. The number of amides is 1. The molecule has 6 nitrogen and oxygen atoms in total. The Labute approximate surface area is 118 Å². The van der Waals surface area contributed by atoms with Gasteiger partial charge in [-0.1, -0.05) is 0 Å². The molecule has 1 unspecified atom stereocenters. The first-order valence-electron chi connectivity index (χ1n) is 6.88. The number of anilines is 3. The number of fused-ring (bicyclic) bond motifs is 1. The topological polar surface area (TPSA) is 79.6 Å². The Kier molecular flexibility index (Phi) is 3.50. The summed E-state index contributed by atoms with van der Waals surface area (Å²) in [6.45, 7) is 3.36. The van der Waals surface area contributed by atoms with Crippen LogP contribution in [0.3, 0.4) is 0 Å². The predicted molar refractivity (Wildman–Crippen MR) is 78.9 cm³/mol. The number of ether oxygens (including phenoxy) is 1. The van der Waals surface area contributed by atoms with Crippen molar-refractivity contribution in [2.45, 2.75) is 12.5 Å².